The molecular formula is C61H56BBr2N3O5. The van der Waals surface area contributed by atoms with Crippen molar-refractivity contribution in [2.24, 2.45) is 0 Å². The van der Waals surface area contributed by atoms with Gasteiger partial charge in [-0.3, -0.25) is 14.4 Å². The first-order chi connectivity index (χ1) is 33.4. The van der Waals surface area contributed by atoms with Gasteiger partial charge in [-0.15, -0.1) is 0 Å². The molecule has 3 aromatic carbocycles. The van der Waals surface area contributed by atoms with Crippen LogP contribution < -0.4 is 22.1 Å². The van der Waals surface area contributed by atoms with Gasteiger partial charge >= 0.3 is 7.12 Å². The zero-order chi connectivity index (χ0) is 51.3. The van der Waals surface area contributed by atoms with Gasteiger partial charge in [0.25, 0.3) is 16.7 Å². The summed E-state index contributed by atoms with van der Waals surface area (Å²) in [7, 11) is -0.406. The SMILES string of the molecule is C.C.CC#CC#CC#CC#CC#CC#CC#CC#CC#CC.CC(C)n1ccc2cc(B3OC(C)(C)C(C)(C)O3)ccc2c1=O.CC(C)n1ccc2cc(Br)ccc2c1=O.O=c1[nH]ccc2cc(Br)ccc12. The third-order valence-corrected chi connectivity index (χ3v) is 11.4. The van der Waals surface area contributed by atoms with Crippen LogP contribution in [0.4, 0.5) is 0 Å². The summed E-state index contributed by atoms with van der Waals surface area (Å²) >= 11 is 6.74. The Morgan fingerprint density at radius 2 is 0.847 bits per heavy atom. The zero-order valence-electron chi connectivity index (χ0n) is 40.6. The molecule has 7 rings (SSSR count). The molecule has 362 valence electrons. The maximum atomic E-state index is 12.5. The molecule has 0 unspecified atom stereocenters. The van der Waals surface area contributed by atoms with E-state index in [1.54, 1.807) is 35.2 Å². The van der Waals surface area contributed by atoms with Crippen LogP contribution in [0.5, 0.6) is 0 Å². The largest absolute Gasteiger partial charge is 0.494 e. The molecule has 0 atom stereocenters. The van der Waals surface area contributed by atoms with Crippen molar-refractivity contribution in [1.82, 2.24) is 14.1 Å². The second kappa shape index (κ2) is 29.5. The van der Waals surface area contributed by atoms with Crippen LogP contribution in [0.1, 0.15) is 96.2 Å². The summed E-state index contributed by atoms with van der Waals surface area (Å²) in [6, 6.07) is 23.3. The number of H-pyrrole nitrogens is 1. The predicted molar refractivity (Wildman–Crippen MR) is 308 cm³/mol. The first kappa shape index (κ1) is 60.4. The van der Waals surface area contributed by atoms with Crippen molar-refractivity contribution in [3.63, 3.8) is 0 Å². The second-order valence-corrected chi connectivity index (χ2v) is 18.3. The highest BCUT2D eigenvalue weighted by atomic mass is 79.9. The van der Waals surface area contributed by atoms with Gasteiger partial charge in [0, 0.05) is 55.8 Å². The number of hydrogen-bond acceptors (Lipinski definition) is 5. The lowest BCUT2D eigenvalue weighted by molar-refractivity contribution is 0.00578. The van der Waals surface area contributed by atoms with Gasteiger partial charge in [0.2, 0.25) is 0 Å². The molecule has 1 aliphatic heterocycles. The Bertz CT molecular complexity index is 3620. The van der Waals surface area contributed by atoms with E-state index in [0.717, 1.165) is 46.7 Å². The van der Waals surface area contributed by atoms with Gasteiger partial charge in [0.05, 0.1) is 11.2 Å². The van der Waals surface area contributed by atoms with Crippen molar-refractivity contribution >= 4 is 76.8 Å². The molecular weight excluding hydrogens is 1030 g/mol. The maximum absolute atomic E-state index is 12.5. The number of fused-ring (bicyclic) bond motifs is 3. The molecule has 1 saturated heterocycles. The first-order valence-corrected chi connectivity index (χ1v) is 23.4. The van der Waals surface area contributed by atoms with Crippen LogP contribution in [0.25, 0.3) is 32.3 Å². The quantitative estimate of drug-likeness (QED) is 0.141. The highest BCUT2D eigenvalue weighted by molar-refractivity contribution is 9.10. The number of nitrogens with one attached hydrogen (secondary N) is 1. The number of aromatic amines is 1. The van der Waals surface area contributed by atoms with Crippen LogP contribution in [-0.2, 0) is 9.31 Å². The summed E-state index contributed by atoms with van der Waals surface area (Å²) in [4.78, 5) is 38.4. The van der Waals surface area contributed by atoms with E-state index in [1.807, 2.05) is 135 Å². The smallest absolute Gasteiger partial charge is 0.399 e. The van der Waals surface area contributed by atoms with Gasteiger partial charge in [0.15, 0.2) is 0 Å². The summed E-state index contributed by atoms with van der Waals surface area (Å²) < 4.78 is 17.6. The number of hydrogen-bond donors (Lipinski definition) is 1. The molecule has 4 heterocycles. The van der Waals surface area contributed by atoms with E-state index in [0.29, 0.717) is 0 Å². The molecule has 0 amide bonds. The van der Waals surface area contributed by atoms with Crippen molar-refractivity contribution in [1.29, 1.82) is 0 Å². The van der Waals surface area contributed by atoms with Crippen molar-refractivity contribution in [2.45, 2.75) is 107 Å². The predicted octanol–water partition coefficient (Wildman–Crippen LogP) is 10.8. The van der Waals surface area contributed by atoms with Crippen LogP contribution in [0.3, 0.4) is 0 Å². The van der Waals surface area contributed by atoms with Crippen LogP contribution >= 0.6 is 31.9 Å². The molecule has 1 N–H and O–H groups in total. The molecule has 3 aromatic heterocycles. The molecule has 0 radical (unpaired) electrons. The number of pyridine rings is 3. The average molecular weight is 1080 g/mol. The monoisotopic (exact) mass is 1080 g/mol. The van der Waals surface area contributed by atoms with Crippen LogP contribution in [-0.4, -0.2) is 32.4 Å². The molecule has 72 heavy (non-hydrogen) atoms. The first-order valence-electron chi connectivity index (χ1n) is 21.8. The maximum Gasteiger partial charge on any atom is 0.494 e. The number of benzene rings is 3. The van der Waals surface area contributed by atoms with Crippen molar-refractivity contribution < 1.29 is 9.31 Å². The van der Waals surface area contributed by atoms with Crippen molar-refractivity contribution in [3.05, 3.63) is 131 Å². The lowest BCUT2D eigenvalue weighted by Crippen LogP contribution is -2.41. The summed E-state index contributed by atoms with van der Waals surface area (Å²) in [6.07, 6.45) is 5.35. The van der Waals surface area contributed by atoms with E-state index in [2.05, 4.69) is 143 Å². The lowest BCUT2D eigenvalue weighted by Gasteiger charge is -2.32. The van der Waals surface area contributed by atoms with Gasteiger partial charge in [-0.2, -0.15) is 0 Å². The summed E-state index contributed by atoms with van der Waals surface area (Å²) in [5.74, 6) is 45.6. The van der Waals surface area contributed by atoms with Crippen molar-refractivity contribution in [3.8, 4) is 107 Å². The summed E-state index contributed by atoms with van der Waals surface area (Å²) in [6.45, 7) is 19.6. The lowest BCUT2D eigenvalue weighted by atomic mass is 9.78. The van der Waals surface area contributed by atoms with Crippen LogP contribution in [0, 0.1) is 107 Å². The van der Waals surface area contributed by atoms with Gasteiger partial charge in [-0.25, -0.2) is 0 Å². The van der Waals surface area contributed by atoms with E-state index in [-0.39, 0.29) is 54.8 Å². The summed E-state index contributed by atoms with van der Waals surface area (Å²) in [5.41, 5.74) is 0.284. The van der Waals surface area contributed by atoms with Gasteiger partial charge < -0.3 is 23.4 Å². The Labute approximate surface area is 442 Å². The Kier molecular flexibility index (Phi) is 24.7. The third kappa shape index (κ3) is 17.6. The molecule has 8 nitrogen and oxygen atoms in total. The molecule has 0 aliphatic carbocycles. The number of aromatic nitrogens is 3. The van der Waals surface area contributed by atoms with E-state index in [9.17, 15) is 14.4 Å². The van der Waals surface area contributed by atoms with Gasteiger partial charge in [-0.1, -0.05) is 70.7 Å². The minimum atomic E-state index is -0.406. The van der Waals surface area contributed by atoms with Crippen molar-refractivity contribution in [2.75, 3.05) is 0 Å². The fourth-order valence-electron chi connectivity index (χ4n) is 6.18. The third-order valence-electron chi connectivity index (χ3n) is 10.4. The fraction of sp³-hybridized carbons (Fsp3) is 0.262. The highest BCUT2D eigenvalue weighted by Crippen LogP contribution is 2.36. The summed E-state index contributed by atoms with van der Waals surface area (Å²) in [5, 5.41) is 5.06. The molecule has 11 heteroatoms. The van der Waals surface area contributed by atoms with E-state index < -0.39 is 7.12 Å². The fourth-order valence-corrected chi connectivity index (χ4v) is 6.94. The Morgan fingerprint density at radius 3 is 1.24 bits per heavy atom. The second-order valence-electron chi connectivity index (χ2n) is 16.4. The number of halogens is 2. The average Bonchev–Trinajstić information content (AvgIpc) is 3.54. The molecule has 0 bridgehead atoms. The Balaban J connectivity index is 0.000000334. The standard InChI is InChI=1S/C20H6.C18H24BNO3.C12H12BrNO.C9H6BrNO.2CH4/c1-3-5-7-9-11-13-15-17-19-20-18-16-14-12-10-8-6-4-2;1-12(2)20-10-9-13-11-14(7-8-15(13)16(20)21)19-22-17(3,4)18(5,6)23-19;1-8(2)14-6-5-9-7-10(13)3-4-11(9)12(14)15;10-7-1-2-8-6(5-7)3-4-11-9(8)12;;/h1-2H3;7-12H,1-6H3;3-8H,1-2H3;1-5H,(H,11,12);2*1H4. The molecule has 6 aromatic rings. The van der Waals surface area contributed by atoms with E-state index in [4.69, 9.17) is 9.31 Å². The normalized spacial score (nSPS) is 11.4. The topological polar surface area (TPSA) is 95.3 Å². The number of nitrogens with zero attached hydrogens (tertiary/aromatic N) is 2. The molecule has 0 saturated carbocycles. The minimum absolute atomic E-state index is 0. The van der Waals surface area contributed by atoms with E-state index in [1.165, 1.54) is 0 Å². The molecule has 0 spiro atoms. The number of rotatable bonds is 3. The van der Waals surface area contributed by atoms with E-state index >= 15 is 0 Å². The minimum Gasteiger partial charge on any atom is -0.399 e. The zero-order valence-corrected chi connectivity index (χ0v) is 43.8. The molecule has 1 fully saturated rings. The molecule has 1 aliphatic rings. The van der Waals surface area contributed by atoms with Gasteiger partial charge in [0.1, 0.15) is 0 Å². The van der Waals surface area contributed by atoms with Gasteiger partial charge in [-0.05, 0) is 246 Å². The van der Waals surface area contributed by atoms with Crippen LogP contribution in [0.15, 0.2) is 115 Å². The van der Waals surface area contributed by atoms with Crippen LogP contribution in [0.2, 0.25) is 0 Å². The Hall–Kier alpha value is -7.73. The Morgan fingerprint density at radius 1 is 0.500 bits per heavy atom. The highest BCUT2D eigenvalue weighted by Gasteiger charge is 2.51.